The smallest absolute Gasteiger partial charge is 0.381 e. The van der Waals surface area contributed by atoms with Crippen LogP contribution in [0.15, 0.2) is 12.5 Å². The molecule has 1 heterocycles. The summed E-state index contributed by atoms with van der Waals surface area (Å²) < 4.78 is 1.49. The quantitative estimate of drug-likeness (QED) is 0.487. The zero-order chi connectivity index (χ0) is 10.6. The Labute approximate surface area is 80.5 Å². The van der Waals surface area contributed by atoms with Crippen molar-refractivity contribution in [2.24, 2.45) is 0 Å². The molecule has 0 radical (unpaired) electrons. The molecular formula is C7H12N4O3. The van der Waals surface area contributed by atoms with Gasteiger partial charge in [-0.25, -0.2) is 0 Å². The topological polar surface area (TPSA) is 93.2 Å². The highest BCUT2D eigenvalue weighted by molar-refractivity contribution is 5.12. The second-order valence-corrected chi connectivity index (χ2v) is 2.90. The van der Waals surface area contributed by atoms with E-state index in [-0.39, 0.29) is 5.82 Å². The molecule has 14 heavy (non-hydrogen) atoms. The monoisotopic (exact) mass is 200 g/mol. The predicted molar refractivity (Wildman–Crippen MR) is 48.8 cm³/mol. The molecule has 0 aromatic carbocycles. The van der Waals surface area contributed by atoms with Crippen molar-refractivity contribution in [3.05, 3.63) is 22.6 Å². The standard InChI is InChI=1S/C7H12N4O3/c1-8-2-6(12)3-10-4-7(9-5-10)11(13)14/h4-6,8,12H,2-3H2,1H3. The number of aliphatic hydroxyl groups is 1. The maximum absolute atomic E-state index is 10.3. The third-order valence-corrected chi connectivity index (χ3v) is 1.67. The van der Waals surface area contributed by atoms with E-state index in [0.29, 0.717) is 13.1 Å². The van der Waals surface area contributed by atoms with Gasteiger partial charge in [-0.2, -0.15) is 0 Å². The molecule has 1 aromatic rings. The maximum Gasteiger partial charge on any atom is 0.381 e. The molecule has 0 aliphatic heterocycles. The highest BCUT2D eigenvalue weighted by Crippen LogP contribution is 2.05. The average Bonchev–Trinajstić information content (AvgIpc) is 2.53. The first-order valence-electron chi connectivity index (χ1n) is 4.12. The summed E-state index contributed by atoms with van der Waals surface area (Å²) in [6.45, 7) is 0.730. The summed E-state index contributed by atoms with van der Waals surface area (Å²) in [6, 6.07) is 0. The largest absolute Gasteiger partial charge is 0.390 e. The van der Waals surface area contributed by atoms with Gasteiger partial charge in [0.1, 0.15) is 6.20 Å². The van der Waals surface area contributed by atoms with E-state index in [1.165, 1.54) is 17.1 Å². The molecule has 0 aliphatic carbocycles. The van der Waals surface area contributed by atoms with Gasteiger partial charge in [-0.3, -0.25) is 0 Å². The summed E-state index contributed by atoms with van der Waals surface area (Å²) in [5.74, 6) is -0.207. The number of hydrogen-bond donors (Lipinski definition) is 2. The Balaban J connectivity index is 2.55. The van der Waals surface area contributed by atoms with E-state index in [0.717, 1.165) is 0 Å². The molecule has 7 heteroatoms. The van der Waals surface area contributed by atoms with Crippen molar-refractivity contribution in [2.75, 3.05) is 13.6 Å². The van der Waals surface area contributed by atoms with Gasteiger partial charge in [-0.15, -0.1) is 0 Å². The number of nitrogens with one attached hydrogen (secondary N) is 1. The molecule has 1 rings (SSSR count). The minimum absolute atomic E-state index is 0.207. The van der Waals surface area contributed by atoms with Crippen molar-refractivity contribution in [1.82, 2.24) is 14.9 Å². The fourth-order valence-electron chi connectivity index (χ4n) is 1.09. The summed E-state index contributed by atoms with van der Waals surface area (Å²) in [7, 11) is 1.72. The Kier molecular flexibility index (Phi) is 3.55. The molecule has 0 aliphatic rings. The van der Waals surface area contributed by atoms with Crippen LogP contribution in [-0.2, 0) is 6.54 Å². The normalized spacial score (nSPS) is 12.7. The number of rotatable bonds is 5. The fraction of sp³-hybridized carbons (Fsp3) is 0.571. The van der Waals surface area contributed by atoms with Crippen LogP contribution in [0.25, 0.3) is 0 Å². The summed E-state index contributed by atoms with van der Waals surface area (Å²) in [5, 5.41) is 22.4. The Morgan fingerprint density at radius 1 is 1.86 bits per heavy atom. The Morgan fingerprint density at radius 3 is 3.07 bits per heavy atom. The van der Waals surface area contributed by atoms with Crippen LogP contribution in [0.3, 0.4) is 0 Å². The van der Waals surface area contributed by atoms with Crippen LogP contribution in [0.1, 0.15) is 0 Å². The van der Waals surface area contributed by atoms with Crippen LogP contribution in [0.5, 0.6) is 0 Å². The molecule has 0 amide bonds. The molecule has 2 N–H and O–H groups in total. The molecule has 7 nitrogen and oxygen atoms in total. The molecule has 0 bridgehead atoms. The van der Waals surface area contributed by atoms with Gasteiger partial charge in [0.2, 0.25) is 6.33 Å². The molecule has 78 valence electrons. The Morgan fingerprint density at radius 2 is 2.57 bits per heavy atom. The summed E-state index contributed by atoms with van der Waals surface area (Å²) in [4.78, 5) is 13.3. The van der Waals surface area contributed by atoms with E-state index in [4.69, 9.17) is 0 Å². The highest BCUT2D eigenvalue weighted by Gasteiger charge is 2.11. The summed E-state index contributed by atoms with van der Waals surface area (Å²) in [6.07, 6.45) is 2.05. The van der Waals surface area contributed by atoms with Gasteiger partial charge in [-0.1, -0.05) is 0 Å². The summed E-state index contributed by atoms with van der Waals surface area (Å²) in [5.41, 5.74) is 0. The van der Waals surface area contributed by atoms with E-state index < -0.39 is 11.0 Å². The van der Waals surface area contributed by atoms with Crippen LogP contribution < -0.4 is 5.32 Å². The first-order chi connectivity index (χ1) is 6.63. The van der Waals surface area contributed by atoms with Crippen LogP contribution in [0.2, 0.25) is 0 Å². The van der Waals surface area contributed by atoms with Gasteiger partial charge in [-0.05, 0) is 17.0 Å². The Hall–Kier alpha value is -1.47. The lowest BCUT2D eigenvalue weighted by Gasteiger charge is -2.08. The first kappa shape index (κ1) is 10.6. The number of likely N-dealkylation sites (N-methyl/N-ethyl adjacent to an activating group) is 1. The number of hydrogen-bond acceptors (Lipinski definition) is 5. The van der Waals surface area contributed by atoms with Gasteiger partial charge in [0.25, 0.3) is 0 Å². The molecule has 0 fully saturated rings. The van der Waals surface area contributed by atoms with E-state index in [1.54, 1.807) is 7.05 Å². The van der Waals surface area contributed by atoms with Gasteiger partial charge >= 0.3 is 5.82 Å². The van der Waals surface area contributed by atoms with Crippen molar-refractivity contribution in [2.45, 2.75) is 12.6 Å². The van der Waals surface area contributed by atoms with Crippen molar-refractivity contribution >= 4 is 5.82 Å². The zero-order valence-corrected chi connectivity index (χ0v) is 7.75. The van der Waals surface area contributed by atoms with E-state index in [1.807, 2.05) is 0 Å². The molecule has 0 spiro atoms. The molecule has 0 saturated carbocycles. The second-order valence-electron chi connectivity index (χ2n) is 2.90. The van der Waals surface area contributed by atoms with E-state index in [9.17, 15) is 15.2 Å². The van der Waals surface area contributed by atoms with Gasteiger partial charge in [0.15, 0.2) is 0 Å². The summed E-state index contributed by atoms with van der Waals surface area (Å²) >= 11 is 0. The van der Waals surface area contributed by atoms with Gasteiger partial charge in [0, 0.05) is 6.54 Å². The third kappa shape index (κ3) is 2.79. The minimum Gasteiger partial charge on any atom is -0.390 e. The SMILES string of the molecule is CNCC(O)Cn1cnc([N+](=O)[O-])c1. The van der Waals surface area contributed by atoms with Crippen LogP contribution >= 0.6 is 0 Å². The first-order valence-corrected chi connectivity index (χ1v) is 4.12. The van der Waals surface area contributed by atoms with Gasteiger partial charge in [0.05, 0.1) is 12.6 Å². The number of aliphatic hydroxyl groups excluding tert-OH is 1. The van der Waals surface area contributed by atoms with Gasteiger partial charge < -0.3 is 25.1 Å². The highest BCUT2D eigenvalue weighted by atomic mass is 16.6. The predicted octanol–water partition coefficient (Wildman–Crippen LogP) is -0.628. The Bertz CT molecular complexity index is 312. The van der Waals surface area contributed by atoms with Crippen LogP contribution in [0, 0.1) is 10.1 Å². The van der Waals surface area contributed by atoms with Crippen LogP contribution in [0.4, 0.5) is 5.82 Å². The van der Waals surface area contributed by atoms with Crippen molar-refractivity contribution in [1.29, 1.82) is 0 Å². The van der Waals surface area contributed by atoms with Crippen molar-refractivity contribution in [3.8, 4) is 0 Å². The lowest BCUT2D eigenvalue weighted by molar-refractivity contribution is -0.389. The third-order valence-electron chi connectivity index (χ3n) is 1.67. The van der Waals surface area contributed by atoms with E-state index in [2.05, 4.69) is 10.3 Å². The molecule has 1 atom stereocenters. The van der Waals surface area contributed by atoms with Crippen molar-refractivity contribution < 1.29 is 10.0 Å². The maximum atomic E-state index is 10.3. The van der Waals surface area contributed by atoms with Crippen LogP contribution in [-0.4, -0.2) is 39.3 Å². The average molecular weight is 200 g/mol. The van der Waals surface area contributed by atoms with E-state index >= 15 is 0 Å². The zero-order valence-electron chi connectivity index (χ0n) is 7.75. The molecule has 1 unspecified atom stereocenters. The minimum atomic E-state index is -0.575. The lowest BCUT2D eigenvalue weighted by Crippen LogP contribution is -2.27. The van der Waals surface area contributed by atoms with Crippen molar-refractivity contribution in [3.63, 3.8) is 0 Å². The molecule has 1 aromatic heterocycles. The molecule has 0 saturated heterocycles. The second kappa shape index (κ2) is 4.68. The fourth-order valence-corrected chi connectivity index (χ4v) is 1.09. The number of nitro groups is 1. The molecular weight excluding hydrogens is 188 g/mol. The number of nitrogens with zero attached hydrogens (tertiary/aromatic N) is 3. The lowest BCUT2D eigenvalue weighted by atomic mass is 10.3. The number of aromatic nitrogens is 2. The number of imidazole rings is 1.